The summed E-state index contributed by atoms with van der Waals surface area (Å²) in [5.74, 6) is 0.123. The molecule has 1 fully saturated rings. The van der Waals surface area contributed by atoms with E-state index in [1.807, 2.05) is 19.0 Å². The molecule has 0 bridgehead atoms. The Labute approximate surface area is 140 Å². The summed E-state index contributed by atoms with van der Waals surface area (Å²) in [4.78, 5) is 36.3. The maximum atomic E-state index is 11.9. The van der Waals surface area contributed by atoms with Gasteiger partial charge >= 0.3 is 6.03 Å². The predicted octanol–water partition coefficient (Wildman–Crippen LogP) is 0.554. The molecule has 1 aromatic carbocycles. The van der Waals surface area contributed by atoms with E-state index in [1.165, 1.54) is 0 Å². The lowest BCUT2D eigenvalue weighted by Gasteiger charge is -2.12. The van der Waals surface area contributed by atoms with Gasteiger partial charge in [-0.25, -0.2) is 4.79 Å². The summed E-state index contributed by atoms with van der Waals surface area (Å²) in [6.07, 6.45) is 0.397. The van der Waals surface area contributed by atoms with Crippen LogP contribution in [0.5, 0.6) is 5.75 Å². The quantitative estimate of drug-likeness (QED) is 0.603. The lowest BCUT2D eigenvalue weighted by atomic mass is 10.1. The van der Waals surface area contributed by atoms with Crippen LogP contribution in [0.1, 0.15) is 12.8 Å². The molecule has 1 aliphatic heterocycles. The van der Waals surface area contributed by atoms with Gasteiger partial charge in [0.25, 0.3) is 5.91 Å². The molecule has 130 valence electrons. The molecule has 1 aromatic rings. The van der Waals surface area contributed by atoms with Crippen LogP contribution >= 0.6 is 0 Å². The molecule has 1 saturated heterocycles. The number of imide groups is 1. The summed E-state index contributed by atoms with van der Waals surface area (Å²) in [5, 5.41) is 7.34. The standard InChI is InChI=1S/C16H22N4O4/c1-20(2)9-10-24-12-5-3-11(4-6-12)17-14(21)8-7-13-15(22)19-16(23)18-13/h3-6,13H,7-10H2,1-2H3,(H,17,21)(H2,18,19,22,23). The van der Waals surface area contributed by atoms with Crippen LogP contribution in [0.25, 0.3) is 0 Å². The number of ether oxygens (including phenoxy) is 1. The van der Waals surface area contributed by atoms with Crippen molar-refractivity contribution >= 4 is 23.5 Å². The molecule has 0 aromatic heterocycles. The summed E-state index contributed by atoms with van der Waals surface area (Å²) in [5.41, 5.74) is 0.653. The second kappa shape index (κ2) is 8.30. The molecule has 0 aliphatic carbocycles. The number of rotatable bonds is 8. The summed E-state index contributed by atoms with van der Waals surface area (Å²) < 4.78 is 5.57. The minimum atomic E-state index is -0.643. The molecule has 4 amide bonds. The van der Waals surface area contributed by atoms with Crippen LogP contribution in [0.3, 0.4) is 0 Å². The fourth-order valence-electron chi connectivity index (χ4n) is 2.14. The van der Waals surface area contributed by atoms with Gasteiger partial charge in [0, 0.05) is 18.7 Å². The Morgan fingerprint density at radius 1 is 1.25 bits per heavy atom. The SMILES string of the molecule is CN(C)CCOc1ccc(NC(=O)CCC2NC(=O)NC2=O)cc1. The number of urea groups is 1. The van der Waals surface area contributed by atoms with E-state index in [4.69, 9.17) is 4.74 Å². The van der Waals surface area contributed by atoms with Crippen LogP contribution < -0.4 is 20.7 Å². The van der Waals surface area contributed by atoms with Gasteiger partial charge in [0.15, 0.2) is 0 Å². The van der Waals surface area contributed by atoms with E-state index in [1.54, 1.807) is 24.3 Å². The third-order valence-corrected chi connectivity index (χ3v) is 3.46. The van der Waals surface area contributed by atoms with Crippen LogP contribution in [0.4, 0.5) is 10.5 Å². The molecule has 1 aliphatic rings. The van der Waals surface area contributed by atoms with E-state index < -0.39 is 18.0 Å². The highest BCUT2D eigenvalue weighted by Crippen LogP contribution is 2.16. The van der Waals surface area contributed by atoms with E-state index in [9.17, 15) is 14.4 Å². The largest absolute Gasteiger partial charge is 0.492 e. The molecule has 0 saturated carbocycles. The van der Waals surface area contributed by atoms with Gasteiger partial charge in [-0.3, -0.25) is 14.9 Å². The summed E-state index contributed by atoms with van der Waals surface area (Å²) in [7, 11) is 3.95. The van der Waals surface area contributed by atoms with Crippen LogP contribution in [0.2, 0.25) is 0 Å². The van der Waals surface area contributed by atoms with E-state index in [0.717, 1.165) is 12.3 Å². The average molecular weight is 334 g/mol. The number of benzene rings is 1. The number of carbonyl (C=O) groups excluding carboxylic acids is 3. The third kappa shape index (κ3) is 5.54. The van der Waals surface area contributed by atoms with Gasteiger partial charge in [0.1, 0.15) is 18.4 Å². The normalized spacial score (nSPS) is 16.7. The van der Waals surface area contributed by atoms with Crippen molar-refractivity contribution in [2.24, 2.45) is 0 Å². The molecule has 8 nitrogen and oxygen atoms in total. The van der Waals surface area contributed by atoms with E-state index in [0.29, 0.717) is 12.3 Å². The fourth-order valence-corrected chi connectivity index (χ4v) is 2.14. The first-order valence-electron chi connectivity index (χ1n) is 7.73. The summed E-state index contributed by atoms with van der Waals surface area (Å²) in [6, 6.07) is 5.93. The van der Waals surface area contributed by atoms with Crippen molar-refractivity contribution in [1.29, 1.82) is 0 Å². The van der Waals surface area contributed by atoms with Crippen molar-refractivity contribution in [3.63, 3.8) is 0 Å². The van der Waals surface area contributed by atoms with Crippen molar-refractivity contribution in [3.8, 4) is 5.75 Å². The van der Waals surface area contributed by atoms with Crippen LogP contribution in [0.15, 0.2) is 24.3 Å². The molecule has 1 atom stereocenters. The van der Waals surface area contributed by atoms with Crippen molar-refractivity contribution in [3.05, 3.63) is 24.3 Å². The number of hydrogen-bond donors (Lipinski definition) is 3. The first kappa shape index (κ1) is 17.7. The second-order valence-corrected chi connectivity index (χ2v) is 5.78. The highest BCUT2D eigenvalue weighted by Gasteiger charge is 2.29. The number of nitrogens with zero attached hydrogens (tertiary/aromatic N) is 1. The Hall–Kier alpha value is -2.61. The van der Waals surface area contributed by atoms with Crippen molar-refractivity contribution in [2.75, 3.05) is 32.6 Å². The number of anilines is 1. The average Bonchev–Trinajstić information content (AvgIpc) is 2.84. The molecule has 8 heteroatoms. The number of amides is 4. The minimum absolute atomic E-state index is 0.138. The topological polar surface area (TPSA) is 99.8 Å². The third-order valence-electron chi connectivity index (χ3n) is 3.46. The smallest absolute Gasteiger partial charge is 0.322 e. The van der Waals surface area contributed by atoms with Crippen LogP contribution in [0, 0.1) is 0 Å². The second-order valence-electron chi connectivity index (χ2n) is 5.78. The monoisotopic (exact) mass is 334 g/mol. The number of nitrogens with one attached hydrogen (secondary N) is 3. The zero-order valence-electron chi connectivity index (χ0n) is 13.8. The first-order valence-corrected chi connectivity index (χ1v) is 7.73. The summed E-state index contributed by atoms with van der Waals surface area (Å²) >= 11 is 0. The Bertz CT molecular complexity index is 601. The lowest BCUT2D eigenvalue weighted by Crippen LogP contribution is -2.30. The molecule has 2 rings (SSSR count). The van der Waals surface area contributed by atoms with Crippen LogP contribution in [-0.2, 0) is 9.59 Å². The van der Waals surface area contributed by atoms with Gasteiger partial charge in [-0.1, -0.05) is 0 Å². The van der Waals surface area contributed by atoms with Crippen molar-refractivity contribution < 1.29 is 19.1 Å². The van der Waals surface area contributed by atoms with E-state index in [-0.39, 0.29) is 18.7 Å². The van der Waals surface area contributed by atoms with Crippen molar-refractivity contribution in [2.45, 2.75) is 18.9 Å². The van der Waals surface area contributed by atoms with E-state index in [2.05, 4.69) is 16.0 Å². The number of hydrogen-bond acceptors (Lipinski definition) is 5. The fraction of sp³-hybridized carbons (Fsp3) is 0.438. The van der Waals surface area contributed by atoms with Gasteiger partial charge in [-0.15, -0.1) is 0 Å². The highest BCUT2D eigenvalue weighted by molar-refractivity contribution is 6.04. The molecule has 24 heavy (non-hydrogen) atoms. The van der Waals surface area contributed by atoms with Gasteiger partial charge in [-0.05, 0) is 44.8 Å². The molecule has 3 N–H and O–H groups in total. The van der Waals surface area contributed by atoms with Gasteiger partial charge < -0.3 is 20.3 Å². The first-order chi connectivity index (χ1) is 11.4. The predicted molar refractivity (Wildman–Crippen MR) is 88.8 cm³/mol. The van der Waals surface area contributed by atoms with Crippen molar-refractivity contribution in [1.82, 2.24) is 15.5 Å². The minimum Gasteiger partial charge on any atom is -0.492 e. The maximum absolute atomic E-state index is 11.9. The Morgan fingerprint density at radius 2 is 1.96 bits per heavy atom. The molecule has 0 spiro atoms. The molecular weight excluding hydrogens is 312 g/mol. The van der Waals surface area contributed by atoms with Gasteiger partial charge in [-0.2, -0.15) is 0 Å². The Balaban J connectivity index is 1.73. The van der Waals surface area contributed by atoms with Crippen LogP contribution in [-0.4, -0.2) is 56.0 Å². The van der Waals surface area contributed by atoms with E-state index >= 15 is 0 Å². The highest BCUT2D eigenvalue weighted by atomic mass is 16.5. The van der Waals surface area contributed by atoms with Gasteiger partial charge in [0.2, 0.25) is 5.91 Å². The Kier molecular flexibility index (Phi) is 6.14. The zero-order chi connectivity index (χ0) is 17.5. The maximum Gasteiger partial charge on any atom is 0.322 e. The molecule has 1 heterocycles. The lowest BCUT2D eigenvalue weighted by molar-refractivity contribution is -0.120. The molecule has 1 unspecified atom stereocenters. The summed E-state index contributed by atoms with van der Waals surface area (Å²) in [6.45, 7) is 1.41. The Morgan fingerprint density at radius 3 is 2.54 bits per heavy atom. The van der Waals surface area contributed by atoms with Gasteiger partial charge in [0.05, 0.1) is 0 Å². The molecular formula is C16H22N4O4. The molecule has 0 radical (unpaired) electrons. The zero-order valence-corrected chi connectivity index (χ0v) is 13.8. The number of carbonyl (C=O) groups is 3. The number of likely N-dealkylation sites (N-methyl/N-ethyl adjacent to an activating group) is 1.